The van der Waals surface area contributed by atoms with Crippen molar-refractivity contribution in [2.24, 2.45) is 17.6 Å². The van der Waals surface area contributed by atoms with Crippen LogP contribution in [-0.2, 0) is 9.53 Å². The van der Waals surface area contributed by atoms with Gasteiger partial charge < -0.3 is 20.3 Å². The van der Waals surface area contributed by atoms with Crippen LogP contribution in [0.4, 0.5) is 13.6 Å². The van der Waals surface area contributed by atoms with Gasteiger partial charge in [-0.2, -0.15) is 0 Å². The Kier molecular flexibility index (Phi) is 6.24. The predicted molar refractivity (Wildman–Crippen MR) is 89.2 cm³/mol. The smallest absolute Gasteiger partial charge is 0.409 e. The molecule has 0 radical (unpaired) electrons. The van der Waals surface area contributed by atoms with Crippen LogP contribution in [0, 0.1) is 11.8 Å². The molecule has 1 aliphatic carbocycles. The zero-order valence-electron chi connectivity index (χ0n) is 15.2. The van der Waals surface area contributed by atoms with Crippen LogP contribution in [0.3, 0.4) is 0 Å². The lowest BCUT2D eigenvalue weighted by molar-refractivity contribution is -0.134. The maximum absolute atomic E-state index is 13.3. The van der Waals surface area contributed by atoms with Crippen LogP contribution in [0.5, 0.6) is 0 Å². The van der Waals surface area contributed by atoms with Crippen LogP contribution in [0.1, 0.15) is 39.0 Å². The normalized spacial score (nSPS) is 28.3. The monoisotopic (exact) mass is 361 g/mol. The molecule has 1 aliphatic heterocycles. The van der Waals surface area contributed by atoms with Crippen LogP contribution < -0.4 is 5.73 Å². The molecule has 2 fully saturated rings. The van der Waals surface area contributed by atoms with E-state index >= 15 is 0 Å². The number of hydrogen-bond acceptors (Lipinski definition) is 4. The summed E-state index contributed by atoms with van der Waals surface area (Å²) in [7, 11) is 3.28. The highest BCUT2D eigenvalue weighted by Gasteiger charge is 2.43. The average molecular weight is 361 g/mol. The minimum atomic E-state index is -2.80. The molecule has 2 atom stereocenters. The number of alkyl halides is 2. The highest BCUT2D eigenvalue weighted by Crippen LogP contribution is 2.34. The molecule has 2 N–H and O–H groups in total. The topological polar surface area (TPSA) is 75.9 Å². The van der Waals surface area contributed by atoms with Crippen molar-refractivity contribution >= 4 is 12.0 Å². The van der Waals surface area contributed by atoms with Crippen molar-refractivity contribution in [1.29, 1.82) is 0 Å². The molecule has 0 aromatic heterocycles. The molecule has 2 amide bonds. The highest BCUT2D eigenvalue weighted by atomic mass is 19.3. The summed E-state index contributed by atoms with van der Waals surface area (Å²) < 4.78 is 32.0. The van der Waals surface area contributed by atoms with Crippen molar-refractivity contribution < 1.29 is 23.1 Å². The largest absolute Gasteiger partial charge is 0.446 e. The molecule has 1 unspecified atom stereocenters. The van der Waals surface area contributed by atoms with Gasteiger partial charge in [-0.15, -0.1) is 0 Å². The van der Waals surface area contributed by atoms with Crippen molar-refractivity contribution in [3.63, 3.8) is 0 Å². The molecule has 144 valence electrons. The van der Waals surface area contributed by atoms with Gasteiger partial charge in [-0.3, -0.25) is 4.79 Å². The molecule has 2 rings (SSSR count). The van der Waals surface area contributed by atoms with E-state index in [0.29, 0.717) is 0 Å². The molecular weight excluding hydrogens is 332 g/mol. The number of carbonyl (C=O) groups is 2. The number of likely N-dealkylation sites (tertiary alicyclic amines) is 1. The van der Waals surface area contributed by atoms with Gasteiger partial charge in [-0.05, 0) is 37.5 Å². The van der Waals surface area contributed by atoms with Crippen molar-refractivity contribution in [1.82, 2.24) is 9.80 Å². The third-order valence-electron chi connectivity index (χ3n) is 5.43. The summed E-state index contributed by atoms with van der Waals surface area (Å²) in [6.07, 6.45) is 2.34. The van der Waals surface area contributed by atoms with Crippen molar-refractivity contribution in [2.75, 3.05) is 27.2 Å². The minimum Gasteiger partial charge on any atom is -0.446 e. The van der Waals surface area contributed by atoms with Crippen LogP contribution >= 0.6 is 0 Å². The van der Waals surface area contributed by atoms with E-state index in [0.717, 1.165) is 25.7 Å². The SMILES string of the molecule is C[C@@H](C1CCC(OC(=O)N(C)C)CC1)C(N)C(=O)N1CCC(F)(F)C1. The Morgan fingerprint density at radius 1 is 1.24 bits per heavy atom. The Morgan fingerprint density at radius 2 is 1.84 bits per heavy atom. The zero-order chi connectivity index (χ0) is 18.8. The fourth-order valence-corrected chi connectivity index (χ4v) is 3.63. The molecule has 2 aliphatic rings. The number of ether oxygens (including phenoxy) is 1. The predicted octanol–water partition coefficient (Wildman–Crippen LogP) is 2.07. The summed E-state index contributed by atoms with van der Waals surface area (Å²) in [5.74, 6) is -3.04. The summed E-state index contributed by atoms with van der Waals surface area (Å²) >= 11 is 0. The first kappa shape index (κ1) is 19.9. The van der Waals surface area contributed by atoms with E-state index in [2.05, 4.69) is 0 Å². The highest BCUT2D eigenvalue weighted by molar-refractivity contribution is 5.82. The number of carbonyl (C=O) groups excluding carboxylic acids is 2. The lowest BCUT2D eigenvalue weighted by atomic mass is 9.76. The van der Waals surface area contributed by atoms with E-state index < -0.39 is 18.5 Å². The molecule has 6 nitrogen and oxygen atoms in total. The van der Waals surface area contributed by atoms with Gasteiger partial charge >= 0.3 is 6.09 Å². The second-order valence-electron chi connectivity index (χ2n) is 7.57. The van der Waals surface area contributed by atoms with Gasteiger partial charge in [0.2, 0.25) is 5.91 Å². The number of nitrogens with zero attached hydrogens (tertiary/aromatic N) is 2. The van der Waals surface area contributed by atoms with Gasteiger partial charge in [0, 0.05) is 27.1 Å². The minimum absolute atomic E-state index is 0.0689. The standard InChI is InChI=1S/C17H29F2N3O3/c1-11(14(20)15(23)22-9-8-17(18,19)10-22)12-4-6-13(7-5-12)25-16(24)21(2)3/h11-14H,4-10,20H2,1-3H3/t11-,12?,13?,14?/m0/s1. The first-order valence-corrected chi connectivity index (χ1v) is 8.91. The molecule has 1 saturated carbocycles. The molecule has 0 aromatic rings. The first-order chi connectivity index (χ1) is 11.6. The van der Waals surface area contributed by atoms with E-state index in [4.69, 9.17) is 10.5 Å². The number of rotatable bonds is 4. The van der Waals surface area contributed by atoms with E-state index in [1.807, 2.05) is 6.92 Å². The number of hydrogen-bond donors (Lipinski definition) is 1. The van der Waals surface area contributed by atoms with Gasteiger partial charge in [0.1, 0.15) is 6.10 Å². The molecule has 0 bridgehead atoms. The molecule has 8 heteroatoms. The van der Waals surface area contributed by atoms with Gasteiger partial charge in [-0.25, -0.2) is 13.6 Å². The lowest BCUT2D eigenvalue weighted by Gasteiger charge is -2.35. The number of halogens is 2. The fourth-order valence-electron chi connectivity index (χ4n) is 3.63. The average Bonchev–Trinajstić information content (AvgIpc) is 2.93. The second kappa shape index (κ2) is 7.85. The van der Waals surface area contributed by atoms with Gasteiger partial charge in [0.05, 0.1) is 12.6 Å². The number of amides is 2. The van der Waals surface area contributed by atoms with E-state index in [9.17, 15) is 18.4 Å². The Balaban J connectivity index is 1.82. The van der Waals surface area contributed by atoms with Crippen LogP contribution in [0.15, 0.2) is 0 Å². The van der Waals surface area contributed by atoms with Crippen LogP contribution in [0.25, 0.3) is 0 Å². The van der Waals surface area contributed by atoms with Crippen LogP contribution in [0.2, 0.25) is 0 Å². The van der Waals surface area contributed by atoms with Crippen LogP contribution in [-0.4, -0.2) is 67.1 Å². The summed E-state index contributed by atoms with van der Waals surface area (Å²) in [6.45, 7) is 1.45. The third-order valence-corrected chi connectivity index (χ3v) is 5.43. The van der Waals surface area contributed by atoms with Gasteiger partial charge in [0.25, 0.3) is 5.92 Å². The molecule has 25 heavy (non-hydrogen) atoms. The Hall–Kier alpha value is -1.44. The quantitative estimate of drug-likeness (QED) is 0.832. The van der Waals surface area contributed by atoms with Gasteiger partial charge in [0.15, 0.2) is 0 Å². The maximum atomic E-state index is 13.3. The summed E-state index contributed by atoms with van der Waals surface area (Å²) in [5, 5.41) is 0. The second-order valence-corrected chi connectivity index (χ2v) is 7.57. The molecule has 1 saturated heterocycles. The maximum Gasteiger partial charge on any atom is 0.409 e. The Bertz CT molecular complexity index is 494. The number of nitrogens with two attached hydrogens (primary N) is 1. The Morgan fingerprint density at radius 3 is 2.32 bits per heavy atom. The van der Waals surface area contributed by atoms with Crippen molar-refractivity contribution in [3.05, 3.63) is 0 Å². The third kappa shape index (κ3) is 5.03. The van der Waals surface area contributed by atoms with E-state index in [-0.39, 0.29) is 42.9 Å². The Labute approximate surface area is 147 Å². The lowest BCUT2D eigenvalue weighted by Crippen LogP contribution is -2.49. The zero-order valence-corrected chi connectivity index (χ0v) is 15.2. The molecule has 1 heterocycles. The summed E-state index contributed by atoms with van der Waals surface area (Å²) in [6, 6.07) is -0.764. The molecular formula is C17H29F2N3O3. The van der Waals surface area contributed by atoms with E-state index in [1.165, 1.54) is 9.80 Å². The summed E-state index contributed by atoms with van der Waals surface area (Å²) in [4.78, 5) is 26.6. The first-order valence-electron chi connectivity index (χ1n) is 8.91. The van der Waals surface area contributed by atoms with Crippen molar-refractivity contribution in [3.8, 4) is 0 Å². The molecule has 0 spiro atoms. The summed E-state index contributed by atoms with van der Waals surface area (Å²) in [5.41, 5.74) is 6.09. The molecule has 0 aromatic carbocycles. The van der Waals surface area contributed by atoms with E-state index in [1.54, 1.807) is 14.1 Å². The van der Waals surface area contributed by atoms with Gasteiger partial charge in [-0.1, -0.05) is 6.92 Å². The fraction of sp³-hybridized carbons (Fsp3) is 0.882. The van der Waals surface area contributed by atoms with Crippen molar-refractivity contribution in [2.45, 2.75) is 57.1 Å².